The minimum Gasteiger partial charge on any atom is -0.481 e. The summed E-state index contributed by atoms with van der Waals surface area (Å²) in [7, 11) is 0. The highest BCUT2D eigenvalue weighted by Gasteiger charge is 2.37. The molecular weight excluding hydrogens is 258 g/mol. The van der Waals surface area contributed by atoms with Gasteiger partial charge in [-0.1, -0.05) is 13.0 Å². The second-order valence-electron chi connectivity index (χ2n) is 5.28. The molecule has 1 fully saturated rings. The Balaban J connectivity index is 1.95. The van der Waals surface area contributed by atoms with Crippen molar-refractivity contribution in [1.29, 1.82) is 0 Å². The highest BCUT2D eigenvalue weighted by atomic mass is 16.4. The van der Waals surface area contributed by atoms with E-state index in [-0.39, 0.29) is 24.5 Å². The zero-order valence-electron chi connectivity index (χ0n) is 11.6. The van der Waals surface area contributed by atoms with E-state index in [9.17, 15) is 9.59 Å². The Hall–Kier alpha value is -2.11. The fraction of sp³-hybridized carbons (Fsp3) is 0.500. The minimum atomic E-state index is -0.840. The molecule has 0 bridgehead atoms. The third kappa shape index (κ3) is 3.07. The van der Waals surface area contributed by atoms with Crippen LogP contribution in [-0.4, -0.2) is 40.1 Å². The number of carbonyl (C=O) groups is 2. The summed E-state index contributed by atoms with van der Waals surface area (Å²) in [4.78, 5) is 28.8. The molecule has 6 heteroatoms. The highest BCUT2D eigenvalue weighted by Crippen LogP contribution is 2.23. The molecule has 108 valence electrons. The summed E-state index contributed by atoms with van der Waals surface area (Å²) >= 11 is 0. The van der Waals surface area contributed by atoms with Crippen molar-refractivity contribution < 1.29 is 14.7 Å². The quantitative estimate of drug-likeness (QED) is 0.877. The van der Waals surface area contributed by atoms with Gasteiger partial charge >= 0.3 is 12.0 Å². The monoisotopic (exact) mass is 277 g/mol. The molecule has 0 radical (unpaired) electrons. The van der Waals surface area contributed by atoms with Crippen LogP contribution in [0.2, 0.25) is 0 Å². The lowest BCUT2D eigenvalue weighted by molar-refractivity contribution is -0.142. The van der Waals surface area contributed by atoms with Crippen molar-refractivity contribution in [3.05, 3.63) is 30.1 Å². The first-order valence-electron chi connectivity index (χ1n) is 6.67. The van der Waals surface area contributed by atoms with Crippen molar-refractivity contribution >= 4 is 12.0 Å². The van der Waals surface area contributed by atoms with Gasteiger partial charge in [0.25, 0.3) is 0 Å². The van der Waals surface area contributed by atoms with Crippen LogP contribution in [0.3, 0.4) is 0 Å². The number of carbonyl (C=O) groups excluding carboxylic acids is 1. The Bertz CT molecular complexity index is 492. The number of amides is 2. The van der Waals surface area contributed by atoms with Crippen LogP contribution in [0.1, 0.15) is 25.5 Å². The number of carboxylic acid groups (broad SMARTS) is 1. The van der Waals surface area contributed by atoms with E-state index in [0.717, 1.165) is 5.56 Å². The van der Waals surface area contributed by atoms with Crippen LogP contribution < -0.4 is 5.32 Å². The molecule has 0 saturated carbocycles. The molecule has 1 aromatic rings. The number of rotatable bonds is 3. The third-order valence-electron chi connectivity index (χ3n) is 3.74. The maximum Gasteiger partial charge on any atom is 0.317 e. The highest BCUT2D eigenvalue weighted by molar-refractivity contribution is 5.78. The summed E-state index contributed by atoms with van der Waals surface area (Å²) in [5.74, 6) is -1.34. The van der Waals surface area contributed by atoms with Crippen LogP contribution in [0, 0.1) is 11.8 Å². The van der Waals surface area contributed by atoms with Crippen molar-refractivity contribution in [2.45, 2.75) is 19.9 Å². The first kappa shape index (κ1) is 14.3. The molecule has 2 heterocycles. The summed E-state index contributed by atoms with van der Waals surface area (Å²) in [5.41, 5.74) is 0.919. The fourth-order valence-corrected chi connectivity index (χ4v) is 2.45. The van der Waals surface area contributed by atoms with E-state index in [4.69, 9.17) is 5.11 Å². The molecule has 0 spiro atoms. The Labute approximate surface area is 117 Å². The summed E-state index contributed by atoms with van der Waals surface area (Å²) < 4.78 is 0. The van der Waals surface area contributed by atoms with Gasteiger partial charge in [0.1, 0.15) is 0 Å². The summed E-state index contributed by atoms with van der Waals surface area (Å²) in [6.07, 6.45) is 3.38. The van der Waals surface area contributed by atoms with E-state index < -0.39 is 11.9 Å². The molecule has 1 aliphatic heterocycles. The Morgan fingerprint density at radius 2 is 2.25 bits per heavy atom. The number of hydrogen-bond acceptors (Lipinski definition) is 3. The number of carboxylic acids is 1. The normalized spacial score (nSPS) is 23.4. The molecule has 2 amide bonds. The molecule has 0 aromatic carbocycles. The average molecular weight is 277 g/mol. The van der Waals surface area contributed by atoms with Gasteiger partial charge in [-0.15, -0.1) is 0 Å². The van der Waals surface area contributed by atoms with Gasteiger partial charge in [0.05, 0.1) is 12.0 Å². The van der Waals surface area contributed by atoms with Gasteiger partial charge in [0.15, 0.2) is 0 Å². The smallest absolute Gasteiger partial charge is 0.317 e. The van der Waals surface area contributed by atoms with Crippen molar-refractivity contribution in [3.8, 4) is 0 Å². The van der Waals surface area contributed by atoms with Gasteiger partial charge in [-0.25, -0.2) is 4.79 Å². The number of nitrogens with one attached hydrogen (secondary N) is 1. The molecule has 20 heavy (non-hydrogen) atoms. The lowest BCUT2D eigenvalue weighted by Gasteiger charge is -2.20. The van der Waals surface area contributed by atoms with Crippen molar-refractivity contribution in [2.75, 3.05) is 13.1 Å². The van der Waals surface area contributed by atoms with E-state index in [0.29, 0.717) is 6.54 Å². The number of hydrogen-bond donors (Lipinski definition) is 2. The van der Waals surface area contributed by atoms with E-state index in [1.165, 1.54) is 0 Å². The Morgan fingerprint density at radius 1 is 1.50 bits per heavy atom. The largest absolute Gasteiger partial charge is 0.481 e. The van der Waals surface area contributed by atoms with E-state index in [2.05, 4.69) is 10.3 Å². The minimum absolute atomic E-state index is 0.0213. The van der Waals surface area contributed by atoms with Crippen LogP contribution in [0.4, 0.5) is 4.79 Å². The molecule has 1 aromatic heterocycles. The van der Waals surface area contributed by atoms with Crippen molar-refractivity contribution in [3.63, 3.8) is 0 Å². The number of nitrogens with zero attached hydrogens (tertiary/aromatic N) is 2. The number of aliphatic carboxylic acids is 1. The molecule has 0 aliphatic carbocycles. The van der Waals surface area contributed by atoms with Crippen molar-refractivity contribution in [1.82, 2.24) is 15.2 Å². The van der Waals surface area contributed by atoms with Gasteiger partial charge in [0, 0.05) is 25.5 Å². The predicted molar refractivity (Wildman–Crippen MR) is 73.0 cm³/mol. The number of pyridine rings is 1. The third-order valence-corrected chi connectivity index (χ3v) is 3.74. The van der Waals surface area contributed by atoms with Crippen LogP contribution in [0.5, 0.6) is 0 Å². The SMILES string of the molecule is CC(NC(=O)N1CC(C)C(C(=O)O)C1)c1cccnc1. The molecule has 2 rings (SSSR count). The second-order valence-corrected chi connectivity index (χ2v) is 5.28. The Morgan fingerprint density at radius 3 is 2.80 bits per heavy atom. The first-order chi connectivity index (χ1) is 9.49. The van der Waals surface area contributed by atoms with Gasteiger partial charge in [-0.3, -0.25) is 9.78 Å². The fourth-order valence-electron chi connectivity index (χ4n) is 2.45. The van der Waals surface area contributed by atoms with Gasteiger partial charge < -0.3 is 15.3 Å². The van der Waals surface area contributed by atoms with Gasteiger partial charge in [-0.2, -0.15) is 0 Å². The van der Waals surface area contributed by atoms with Gasteiger partial charge in [0.2, 0.25) is 0 Å². The summed E-state index contributed by atoms with van der Waals surface area (Å²) in [6, 6.07) is 3.33. The standard InChI is InChI=1S/C14H19N3O3/c1-9-7-17(8-12(9)13(18)19)14(20)16-10(2)11-4-3-5-15-6-11/h3-6,9-10,12H,7-8H2,1-2H3,(H,16,20)(H,18,19). The predicted octanol–water partition coefficient (Wildman–Crippen LogP) is 1.50. The number of aromatic nitrogens is 1. The zero-order chi connectivity index (χ0) is 14.7. The second kappa shape index (κ2) is 5.90. The Kier molecular flexibility index (Phi) is 4.22. The molecular formula is C14H19N3O3. The first-order valence-corrected chi connectivity index (χ1v) is 6.67. The average Bonchev–Trinajstić information content (AvgIpc) is 2.82. The molecule has 3 atom stereocenters. The number of urea groups is 1. The zero-order valence-corrected chi connectivity index (χ0v) is 11.6. The van der Waals surface area contributed by atoms with E-state index in [1.54, 1.807) is 17.3 Å². The van der Waals surface area contributed by atoms with Crippen molar-refractivity contribution in [2.24, 2.45) is 11.8 Å². The van der Waals surface area contributed by atoms with Crippen LogP contribution in [0.15, 0.2) is 24.5 Å². The maximum atomic E-state index is 12.1. The van der Waals surface area contributed by atoms with Gasteiger partial charge in [-0.05, 0) is 24.5 Å². The molecule has 3 unspecified atom stereocenters. The lowest BCUT2D eigenvalue weighted by atomic mass is 9.99. The number of likely N-dealkylation sites (tertiary alicyclic amines) is 1. The van der Waals surface area contributed by atoms with Crippen LogP contribution in [0.25, 0.3) is 0 Å². The van der Waals surface area contributed by atoms with Crippen LogP contribution in [-0.2, 0) is 4.79 Å². The van der Waals surface area contributed by atoms with Crippen LogP contribution >= 0.6 is 0 Å². The van der Waals surface area contributed by atoms with E-state index in [1.807, 2.05) is 26.0 Å². The molecule has 1 aliphatic rings. The lowest BCUT2D eigenvalue weighted by Crippen LogP contribution is -2.40. The molecule has 2 N–H and O–H groups in total. The summed E-state index contributed by atoms with van der Waals surface area (Å²) in [6.45, 7) is 4.48. The van der Waals surface area contributed by atoms with E-state index >= 15 is 0 Å². The molecule has 1 saturated heterocycles. The summed E-state index contributed by atoms with van der Waals surface area (Å²) in [5, 5.41) is 11.9. The molecule has 6 nitrogen and oxygen atoms in total. The maximum absolute atomic E-state index is 12.1. The topological polar surface area (TPSA) is 82.5 Å².